The lowest BCUT2D eigenvalue weighted by Gasteiger charge is -2.59. The van der Waals surface area contributed by atoms with Crippen molar-refractivity contribution >= 4 is 34.0 Å². The van der Waals surface area contributed by atoms with Crippen LogP contribution in [-0.2, 0) is 48.2 Å². The molecule has 1 heterocycles. The number of ether oxygens (including phenoxy) is 4. The Morgan fingerprint density at radius 2 is 1.59 bits per heavy atom. The maximum atomic E-state index is 13.5. The summed E-state index contributed by atoms with van der Waals surface area (Å²) in [6.07, 6.45) is -1.59. The van der Waals surface area contributed by atoms with Crippen LogP contribution in [0.3, 0.4) is 0 Å². The van der Waals surface area contributed by atoms with E-state index in [2.05, 4.69) is 4.74 Å². The van der Waals surface area contributed by atoms with Crippen LogP contribution in [0.4, 0.5) is 8.78 Å². The predicted octanol–water partition coefficient (Wildman–Crippen LogP) is 2.16. The van der Waals surface area contributed by atoms with E-state index >= 15 is 0 Å². The molecule has 37 heavy (non-hydrogen) atoms. The SMILES string of the molecule is CC(OC(=O)CCC(=O)OC1CC(C(=O)OC2(C)C3CC4CC(C3)CC2C4)OC1=O)C(F)(F)S(=O)(=O)O. The molecule has 1 aliphatic heterocycles. The second-order valence-electron chi connectivity index (χ2n) is 10.7. The molecule has 0 spiro atoms. The molecule has 0 radical (unpaired) electrons. The van der Waals surface area contributed by atoms with Crippen LogP contribution in [0.1, 0.15) is 65.2 Å². The Labute approximate surface area is 212 Å². The van der Waals surface area contributed by atoms with Crippen LogP contribution in [0.5, 0.6) is 0 Å². The smallest absolute Gasteiger partial charge is 0.405 e. The Bertz CT molecular complexity index is 1040. The van der Waals surface area contributed by atoms with E-state index in [0.717, 1.165) is 25.7 Å². The van der Waals surface area contributed by atoms with E-state index in [0.29, 0.717) is 18.8 Å². The molecule has 14 heteroatoms. The molecule has 0 aromatic carbocycles. The maximum Gasteiger partial charge on any atom is 0.405 e. The second-order valence-corrected chi connectivity index (χ2v) is 12.2. The second kappa shape index (κ2) is 9.75. The zero-order chi connectivity index (χ0) is 27.3. The molecule has 5 fully saturated rings. The summed E-state index contributed by atoms with van der Waals surface area (Å²) in [4.78, 5) is 48.8. The van der Waals surface area contributed by atoms with Crippen LogP contribution in [-0.4, -0.2) is 66.0 Å². The highest BCUT2D eigenvalue weighted by molar-refractivity contribution is 7.86. The van der Waals surface area contributed by atoms with E-state index in [1.807, 2.05) is 6.92 Å². The Morgan fingerprint density at radius 3 is 2.14 bits per heavy atom. The lowest BCUT2D eigenvalue weighted by atomic mass is 9.50. The minimum atomic E-state index is -5.82. The van der Waals surface area contributed by atoms with E-state index in [-0.39, 0.29) is 18.3 Å². The molecular weight excluding hydrogens is 522 g/mol. The zero-order valence-corrected chi connectivity index (χ0v) is 21.2. The molecule has 3 unspecified atom stereocenters. The van der Waals surface area contributed by atoms with Gasteiger partial charge in [0.2, 0.25) is 12.2 Å². The average molecular weight is 553 g/mol. The van der Waals surface area contributed by atoms with Gasteiger partial charge in [0.05, 0.1) is 12.8 Å². The van der Waals surface area contributed by atoms with Crippen molar-refractivity contribution in [1.82, 2.24) is 0 Å². The minimum absolute atomic E-state index is 0.262. The van der Waals surface area contributed by atoms with Crippen molar-refractivity contribution in [3.05, 3.63) is 0 Å². The Morgan fingerprint density at radius 1 is 1.05 bits per heavy atom. The monoisotopic (exact) mass is 552 g/mol. The normalized spacial score (nSPS) is 35.5. The molecular formula is C23H30F2O11S. The van der Waals surface area contributed by atoms with Crippen LogP contribution in [0.15, 0.2) is 0 Å². The fraction of sp³-hybridized carbons (Fsp3) is 0.826. The first-order valence-electron chi connectivity index (χ1n) is 12.3. The molecule has 4 aliphatic carbocycles. The third kappa shape index (κ3) is 5.45. The summed E-state index contributed by atoms with van der Waals surface area (Å²) in [6.45, 7) is 2.50. The molecule has 3 atom stereocenters. The van der Waals surface area contributed by atoms with E-state index in [9.17, 15) is 36.4 Å². The number of carbonyl (C=O) groups is 4. The third-order valence-corrected chi connectivity index (χ3v) is 9.24. The number of hydrogen-bond donors (Lipinski definition) is 1. The number of cyclic esters (lactones) is 1. The average Bonchev–Trinajstić information content (AvgIpc) is 3.15. The first-order valence-corrected chi connectivity index (χ1v) is 13.7. The molecule has 1 N–H and O–H groups in total. The largest absolute Gasteiger partial charge is 0.456 e. The van der Waals surface area contributed by atoms with Gasteiger partial charge in [0, 0.05) is 6.42 Å². The van der Waals surface area contributed by atoms with E-state index in [1.165, 1.54) is 6.42 Å². The summed E-state index contributed by atoms with van der Waals surface area (Å²) in [5, 5.41) is -4.74. The number of rotatable bonds is 9. The third-order valence-electron chi connectivity index (χ3n) is 8.22. The molecule has 0 aromatic rings. The molecule has 1 saturated heterocycles. The highest BCUT2D eigenvalue weighted by Crippen LogP contribution is 2.59. The summed E-state index contributed by atoms with van der Waals surface area (Å²) < 4.78 is 77.1. The summed E-state index contributed by atoms with van der Waals surface area (Å²) in [5.74, 6) is -2.20. The Hall–Kier alpha value is -2.35. The van der Waals surface area contributed by atoms with Crippen LogP contribution in [0, 0.1) is 23.7 Å². The van der Waals surface area contributed by atoms with Crippen molar-refractivity contribution in [3.8, 4) is 0 Å². The fourth-order valence-corrected chi connectivity index (χ4v) is 6.79. The van der Waals surface area contributed by atoms with Gasteiger partial charge in [-0.1, -0.05) is 0 Å². The van der Waals surface area contributed by atoms with Crippen molar-refractivity contribution in [2.24, 2.45) is 23.7 Å². The van der Waals surface area contributed by atoms with Gasteiger partial charge in [-0.05, 0) is 69.6 Å². The van der Waals surface area contributed by atoms with Gasteiger partial charge in [-0.15, -0.1) is 0 Å². The molecule has 4 saturated carbocycles. The quantitative estimate of drug-likeness (QED) is 0.254. The van der Waals surface area contributed by atoms with Gasteiger partial charge < -0.3 is 18.9 Å². The van der Waals surface area contributed by atoms with Crippen molar-refractivity contribution in [1.29, 1.82) is 0 Å². The molecule has 208 valence electrons. The van der Waals surface area contributed by atoms with Crippen molar-refractivity contribution in [2.45, 2.75) is 94.4 Å². The number of hydrogen-bond acceptors (Lipinski definition) is 10. The lowest BCUT2D eigenvalue weighted by molar-refractivity contribution is -0.211. The molecule has 4 bridgehead atoms. The van der Waals surface area contributed by atoms with Gasteiger partial charge in [0.1, 0.15) is 5.60 Å². The van der Waals surface area contributed by atoms with E-state index in [1.54, 1.807) is 0 Å². The van der Waals surface area contributed by atoms with Crippen LogP contribution in [0.25, 0.3) is 0 Å². The number of carbonyl (C=O) groups excluding carboxylic acids is 4. The molecule has 11 nitrogen and oxygen atoms in total. The van der Waals surface area contributed by atoms with Gasteiger partial charge in [-0.2, -0.15) is 17.2 Å². The van der Waals surface area contributed by atoms with Crippen molar-refractivity contribution in [2.75, 3.05) is 0 Å². The van der Waals surface area contributed by atoms with Crippen molar-refractivity contribution in [3.63, 3.8) is 0 Å². The Balaban J connectivity index is 1.24. The highest BCUT2D eigenvalue weighted by atomic mass is 32.2. The van der Waals surface area contributed by atoms with Gasteiger partial charge in [-0.25, -0.2) is 9.59 Å². The molecule has 5 aliphatic rings. The first-order chi connectivity index (χ1) is 17.1. The van der Waals surface area contributed by atoms with Gasteiger partial charge in [0.15, 0.2) is 6.10 Å². The number of alkyl halides is 2. The van der Waals surface area contributed by atoms with Crippen molar-refractivity contribution < 1.29 is 59.9 Å². The van der Waals surface area contributed by atoms with Gasteiger partial charge >= 0.3 is 39.2 Å². The fourth-order valence-electron chi connectivity index (χ4n) is 6.32. The molecule has 5 rings (SSSR count). The topological polar surface area (TPSA) is 160 Å². The lowest BCUT2D eigenvalue weighted by Crippen LogP contribution is -2.58. The number of esters is 4. The summed E-state index contributed by atoms with van der Waals surface area (Å²) >= 11 is 0. The van der Waals surface area contributed by atoms with Crippen LogP contribution in [0.2, 0.25) is 0 Å². The minimum Gasteiger partial charge on any atom is -0.456 e. The standard InChI is InChI=1S/C23H30F2O11S/c1-11(23(24,25)37(30,31)32)33-18(26)3-4-19(27)34-16-10-17(35-20(16)28)21(29)36-22(2)14-6-12-5-13(8-14)9-15(22)7-12/h11-17H,3-10H2,1-2H3,(H,30,31,32). The zero-order valence-electron chi connectivity index (χ0n) is 20.4. The molecule has 0 aromatic heterocycles. The van der Waals surface area contributed by atoms with Crippen LogP contribution >= 0.6 is 0 Å². The van der Waals surface area contributed by atoms with Gasteiger partial charge in [-0.3, -0.25) is 14.1 Å². The predicted molar refractivity (Wildman–Crippen MR) is 117 cm³/mol. The highest BCUT2D eigenvalue weighted by Gasteiger charge is 2.58. The molecule has 0 amide bonds. The first kappa shape index (κ1) is 27.7. The number of halogens is 2. The Kier molecular flexibility index (Phi) is 7.30. The summed E-state index contributed by atoms with van der Waals surface area (Å²) in [7, 11) is -5.82. The van der Waals surface area contributed by atoms with Gasteiger partial charge in [0.25, 0.3) is 0 Å². The van der Waals surface area contributed by atoms with E-state index in [4.69, 9.17) is 18.8 Å². The van der Waals surface area contributed by atoms with Crippen LogP contribution < -0.4 is 0 Å². The van der Waals surface area contributed by atoms with E-state index < -0.39 is 76.0 Å². The summed E-state index contributed by atoms with van der Waals surface area (Å²) in [5.41, 5.74) is -0.630. The maximum absolute atomic E-state index is 13.5. The summed E-state index contributed by atoms with van der Waals surface area (Å²) in [6, 6.07) is 0.